The zero-order valence-electron chi connectivity index (χ0n) is 10.7. The lowest BCUT2D eigenvalue weighted by atomic mass is 10.3. The number of ether oxygens (including phenoxy) is 2. The summed E-state index contributed by atoms with van der Waals surface area (Å²) in [4.78, 5) is 9.85. The van der Waals surface area contributed by atoms with Gasteiger partial charge in [0.2, 0.25) is 0 Å². The van der Waals surface area contributed by atoms with Gasteiger partial charge in [0.05, 0.1) is 13.2 Å². The van der Waals surface area contributed by atoms with Gasteiger partial charge in [-0.25, -0.2) is 9.97 Å². The Morgan fingerprint density at radius 2 is 1.63 bits per heavy atom. The number of hydrogen-bond donors (Lipinski definition) is 0. The first kappa shape index (κ1) is 15.9. The van der Waals surface area contributed by atoms with Gasteiger partial charge in [-0.05, 0) is 0 Å². The maximum absolute atomic E-state index is 9.09. The summed E-state index contributed by atoms with van der Waals surface area (Å²) < 4.78 is 10.1. The summed E-state index contributed by atoms with van der Waals surface area (Å²) in [5.74, 6) is 0.381. The molecule has 0 aromatic carbocycles. The number of anilines is 1. The molecule has 0 spiro atoms. The lowest BCUT2D eigenvalue weighted by Gasteiger charge is -2.23. The van der Waals surface area contributed by atoms with Crippen LogP contribution < -0.4 is 4.90 Å². The fraction of sp³-hybridized carbons (Fsp3) is 0.545. The number of rotatable bonds is 7. The minimum atomic E-state index is 0.0143. The SMILES string of the molecule is COCCN(CCOC)c1nc(Cl)c(Cl)nc1C#N. The zero-order chi connectivity index (χ0) is 14.3. The molecule has 0 aliphatic rings. The summed E-state index contributed by atoms with van der Waals surface area (Å²) in [7, 11) is 3.19. The summed E-state index contributed by atoms with van der Waals surface area (Å²) in [6.07, 6.45) is 0. The van der Waals surface area contributed by atoms with Crippen LogP contribution in [0.25, 0.3) is 0 Å². The Hall–Kier alpha value is -1.13. The van der Waals surface area contributed by atoms with Crippen LogP contribution in [0.1, 0.15) is 5.69 Å². The molecule has 6 nitrogen and oxygen atoms in total. The van der Waals surface area contributed by atoms with Crippen LogP contribution >= 0.6 is 23.2 Å². The molecule has 0 aliphatic carbocycles. The summed E-state index contributed by atoms with van der Waals surface area (Å²) in [6.45, 7) is 2.05. The van der Waals surface area contributed by atoms with E-state index >= 15 is 0 Å². The normalized spacial score (nSPS) is 10.3. The Morgan fingerprint density at radius 3 is 2.11 bits per heavy atom. The molecule has 0 saturated heterocycles. The van der Waals surface area contributed by atoms with Crippen molar-refractivity contribution in [2.24, 2.45) is 0 Å². The summed E-state index contributed by atoms with van der Waals surface area (Å²) in [5.41, 5.74) is 0.126. The third-order valence-electron chi connectivity index (χ3n) is 2.33. The van der Waals surface area contributed by atoms with Crippen molar-refractivity contribution >= 4 is 29.0 Å². The first-order chi connectivity index (χ1) is 9.13. The minimum Gasteiger partial charge on any atom is -0.383 e. The third-order valence-corrected chi connectivity index (χ3v) is 2.96. The average molecular weight is 305 g/mol. The highest BCUT2D eigenvalue weighted by Crippen LogP contribution is 2.24. The highest BCUT2D eigenvalue weighted by molar-refractivity contribution is 6.40. The fourth-order valence-electron chi connectivity index (χ4n) is 1.41. The van der Waals surface area contributed by atoms with Gasteiger partial charge in [-0.3, -0.25) is 0 Å². The summed E-state index contributed by atoms with van der Waals surface area (Å²) >= 11 is 11.6. The molecule has 0 N–H and O–H groups in total. The molecule has 1 aromatic rings. The van der Waals surface area contributed by atoms with E-state index in [0.29, 0.717) is 32.1 Å². The number of methoxy groups -OCH3 is 2. The molecule has 8 heteroatoms. The molecule has 0 radical (unpaired) electrons. The van der Waals surface area contributed by atoms with Crippen molar-refractivity contribution in [1.29, 1.82) is 5.26 Å². The van der Waals surface area contributed by atoms with E-state index < -0.39 is 0 Å². The van der Waals surface area contributed by atoms with Gasteiger partial charge in [-0.1, -0.05) is 23.2 Å². The van der Waals surface area contributed by atoms with E-state index in [4.69, 9.17) is 37.9 Å². The van der Waals surface area contributed by atoms with Gasteiger partial charge in [-0.2, -0.15) is 5.26 Å². The average Bonchev–Trinajstić information content (AvgIpc) is 2.42. The zero-order valence-corrected chi connectivity index (χ0v) is 12.2. The second-order valence-electron chi connectivity index (χ2n) is 3.56. The molecule has 0 bridgehead atoms. The van der Waals surface area contributed by atoms with Gasteiger partial charge in [0, 0.05) is 27.3 Å². The Kier molecular flexibility index (Phi) is 6.81. The first-order valence-electron chi connectivity index (χ1n) is 5.50. The van der Waals surface area contributed by atoms with Crippen molar-refractivity contribution in [3.63, 3.8) is 0 Å². The summed E-state index contributed by atoms with van der Waals surface area (Å²) in [5, 5.41) is 9.17. The maximum Gasteiger partial charge on any atom is 0.184 e. The van der Waals surface area contributed by atoms with Crippen LogP contribution in [-0.2, 0) is 9.47 Å². The van der Waals surface area contributed by atoms with Crippen LogP contribution in [0.4, 0.5) is 5.82 Å². The van der Waals surface area contributed by atoms with Crippen molar-refractivity contribution in [2.45, 2.75) is 0 Å². The topological polar surface area (TPSA) is 71.3 Å². The Morgan fingerprint density at radius 1 is 1.11 bits per heavy atom. The lowest BCUT2D eigenvalue weighted by molar-refractivity contribution is 0.190. The van der Waals surface area contributed by atoms with Crippen LogP contribution in [0.15, 0.2) is 0 Å². The highest BCUT2D eigenvalue weighted by atomic mass is 35.5. The molecule has 104 valence electrons. The third kappa shape index (κ3) is 4.48. The Bertz CT molecular complexity index is 457. The highest BCUT2D eigenvalue weighted by Gasteiger charge is 2.17. The van der Waals surface area contributed by atoms with Crippen molar-refractivity contribution < 1.29 is 9.47 Å². The lowest BCUT2D eigenvalue weighted by Crippen LogP contribution is -2.32. The largest absolute Gasteiger partial charge is 0.383 e. The number of nitrogens with zero attached hydrogens (tertiary/aromatic N) is 4. The molecule has 0 amide bonds. The second kappa shape index (κ2) is 8.12. The molecule has 0 atom stereocenters. The predicted octanol–water partition coefficient (Wildman–Crippen LogP) is 1.75. The van der Waals surface area contributed by atoms with E-state index in [1.807, 2.05) is 11.0 Å². The van der Waals surface area contributed by atoms with Crippen molar-refractivity contribution in [1.82, 2.24) is 9.97 Å². The van der Waals surface area contributed by atoms with Gasteiger partial charge in [0.25, 0.3) is 0 Å². The van der Waals surface area contributed by atoms with Crippen LogP contribution in [0, 0.1) is 11.3 Å². The van der Waals surface area contributed by atoms with E-state index in [2.05, 4.69) is 9.97 Å². The molecule has 1 heterocycles. The van der Waals surface area contributed by atoms with Crippen LogP contribution in [-0.4, -0.2) is 50.5 Å². The quantitative estimate of drug-likeness (QED) is 0.764. The van der Waals surface area contributed by atoms with Gasteiger partial charge >= 0.3 is 0 Å². The smallest absolute Gasteiger partial charge is 0.184 e. The van der Waals surface area contributed by atoms with E-state index in [1.165, 1.54) is 0 Å². The van der Waals surface area contributed by atoms with Crippen molar-refractivity contribution in [2.75, 3.05) is 45.4 Å². The second-order valence-corrected chi connectivity index (χ2v) is 4.28. The molecule has 0 unspecified atom stereocenters. The number of halogens is 2. The van der Waals surface area contributed by atoms with E-state index in [9.17, 15) is 0 Å². The molecular formula is C11H14Cl2N4O2. The van der Waals surface area contributed by atoms with Crippen LogP contribution in [0.5, 0.6) is 0 Å². The van der Waals surface area contributed by atoms with Gasteiger partial charge in [-0.15, -0.1) is 0 Å². The van der Waals surface area contributed by atoms with Gasteiger partial charge in [0.1, 0.15) is 6.07 Å². The number of aromatic nitrogens is 2. The molecular weight excluding hydrogens is 291 g/mol. The molecule has 0 fully saturated rings. The standard InChI is InChI=1S/C11H14Cl2N4O2/c1-18-5-3-17(4-6-19-2)11-8(7-14)15-9(12)10(13)16-11/h3-6H2,1-2H3. The van der Waals surface area contributed by atoms with Crippen molar-refractivity contribution in [3.05, 3.63) is 16.0 Å². The predicted molar refractivity (Wildman–Crippen MR) is 72.7 cm³/mol. The van der Waals surface area contributed by atoms with Crippen molar-refractivity contribution in [3.8, 4) is 6.07 Å². The van der Waals surface area contributed by atoms with Gasteiger partial charge in [0.15, 0.2) is 21.8 Å². The van der Waals surface area contributed by atoms with E-state index in [1.54, 1.807) is 14.2 Å². The molecule has 0 saturated carbocycles. The van der Waals surface area contributed by atoms with E-state index in [0.717, 1.165) is 0 Å². The monoisotopic (exact) mass is 304 g/mol. The number of hydrogen-bond acceptors (Lipinski definition) is 6. The maximum atomic E-state index is 9.09. The molecule has 19 heavy (non-hydrogen) atoms. The van der Waals surface area contributed by atoms with Crippen LogP contribution in [0.2, 0.25) is 10.3 Å². The fourth-order valence-corrected chi connectivity index (χ4v) is 1.66. The molecule has 0 aliphatic heterocycles. The van der Waals surface area contributed by atoms with Gasteiger partial charge < -0.3 is 14.4 Å². The van der Waals surface area contributed by atoms with E-state index in [-0.39, 0.29) is 16.0 Å². The molecule has 1 aromatic heterocycles. The Labute approximate surface area is 121 Å². The first-order valence-corrected chi connectivity index (χ1v) is 6.25. The summed E-state index contributed by atoms with van der Waals surface area (Å²) in [6, 6.07) is 1.96. The molecule has 1 rings (SSSR count). The van der Waals surface area contributed by atoms with Crippen LogP contribution in [0.3, 0.4) is 0 Å². The number of nitriles is 1. The minimum absolute atomic E-state index is 0.0143. The Balaban J connectivity index is 3.05.